The number of anilines is 1. The number of carbonyl (C=O) groups excluding carboxylic acids is 1. The summed E-state index contributed by atoms with van der Waals surface area (Å²) in [6.45, 7) is 3.44. The van der Waals surface area contributed by atoms with Crippen molar-refractivity contribution in [2.45, 2.75) is 32.1 Å². The molecule has 3 heterocycles. The molecule has 4 rings (SSSR count). The van der Waals surface area contributed by atoms with Gasteiger partial charge in [-0.25, -0.2) is 9.97 Å². The maximum absolute atomic E-state index is 13.0. The highest BCUT2D eigenvalue weighted by molar-refractivity contribution is 5.79. The van der Waals surface area contributed by atoms with Crippen molar-refractivity contribution in [1.29, 1.82) is 0 Å². The second kappa shape index (κ2) is 9.12. The Morgan fingerprint density at radius 1 is 1.19 bits per heavy atom. The topological polar surface area (TPSA) is 94.2 Å². The van der Waals surface area contributed by atoms with E-state index < -0.39 is 0 Å². The number of hydrogen-bond acceptors (Lipinski definition) is 6. The van der Waals surface area contributed by atoms with Gasteiger partial charge in [0.15, 0.2) is 0 Å². The molecule has 7 nitrogen and oxygen atoms in total. The second-order valence-electron chi connectivity index (χ2n) is 7.96. The lowest BCUT2D eigenvalue weighted by molar-refractivity contribution is -0.131. The Labute approximate surface area is 182 Å². The Bertz CT molecular complexity index is 1070. The zero-order valence-electron chi connectivity index (χ0n) is 17.9. The van der Waals surface area contributed by atoms with Gasteiger partial charge in [-0.15, -0.1) is 0 Å². The average Bonchev–Trinajstić information content (AvgIpc) is 2.79. The summed E-state index contributed by atoms with van der Waals surface area (Å²) in [4.78, 5) is 27.9. The summed E-state index contributed by atoms with van der Waals surface area (Å²) in [7, 11) is 1.63. The van der Waals surface area contributed by atoms with E-state index in [1.54, 1.807) is 19.5 Å². The largest absolute Gasteiger partial charge is 0.497 e. The molecule has 1 aliphatic heterocycles. The van der Waals surface area contributed by atoms with Crippen LogP contribution in [-0.4, -0.2) is 46.0 Å². The standard InChI is InChI=1S/C24H27N5O2/c1-16-9-19(20-13-26-24(25)27-14-20)12-22(28-16)18-6-4-8-29(15-18)23(30)11-17-5-3-7-21(10-17)31-2/h3,5,7,9-10,12-14,18H,4,6,8,11,15H2,1-2H3,(H2,25,26,27)/t18-/m1/s1. The molecule has 0 saturated carbocycles. The van der Waals surface area contributed by atoms with Crippen LogP contribution in [0.25, 0.3) is 11.1 Å². The van der Waals surface area contributed by atoms with Crippen molar-refractivity contribution in [2.24, 2.45) is 0 Å². The Morgan fingerprint density at radius 2 is 2.00 bits per heavy atom. The number of nitrogens with two attached hydrogens (primary N) is 1. The number of ether oxygens (including phenoxy) is 1. The zero-order chi connectivity index (χ0) is 21.8. The van der Waals surface area contributed by atoms with E-state index in [2.05, 4.69) is 16.0 Å². The highest BCUT2D eigenvalue weighted by Crippen LogP contribution is 2.30. The highest BCUT2D eigenvalue weighted by Gasteiger charge is 2.26. The van der Waals surface area contributed by atoms with Crippen molar-refractivity contribution in [3.8, 4) is 16.9 Å². The summed E-state index contributed by atoms with van der Waals surface area (Å²) in [5, 5.41) is 0. The number of benzene rings is 1. The van der Waals surface area contributed by atoms with E-state index in [0.29, 0.717) is 13.0 Å². The Balaban J connectivity index is 1.50. The molecule has 2 N–H and O–H groups in total. The molecule has 160 valence electrons. The van der Waals surface area contributed by atoms with Gasteiger partial charge in [-0.1, -0.05) is 12.1 Å². The molecule has 0 radical (unpaired) electrons. The van der Waals surface area contributed by atoms with Gasteiger partial charge >= 0.3 is 0 Å². The second-order valence-corrected chi connectivity index (χ2v) is 7.96. The first-order valence-electron chi connectivity index (χ1n) is 10.5. The van der Waals surface area contributed by atoms with Gasteiger partial charge in [0.25, 0.3) is 0 Å². The molecule has 0 bridgehead atoms. The quantitative estimate of drug-likeness (QED) is 0.684. The van der Waals surface area contributed by atoms with Crippen LogP contribution in [0.4, 0.5) is 5.95 Å². The van der Waals surface area contributed by atoms with E-state index in [9.17, 15) is 4.79 Å². The van der Waals surface area contributed by atoms with Crippen molar-refractivity contribution < 1.29 is 9.53 Å². The number of methoxy groups -OCH3 is 1. The van der Waals surface area contributed by atoms with Gasteiger partial charge in [0.1, 0.15) is 5.75 Å². The number of amides is 1. The average molecular weight is 418 g/mol. The van der Waals surface area contributed by atoms with Crippen molar-refractivity contribution in [3.05, 3.63) is 65.7 Å². The minimum absolute atomic E-state index is 0.137. The number of carbonyl (C=O) groups is 1. The van der Waals surface area contributed by atoms with Gasteiger partial charge in [-0.05, 0) is 55.2 Å². The van der Waals surface area contributed by atoms with E-state index in [0.717, 1.165) is 53.2 Å². The maximum atomic E-state index is 13.0. The summed E-state index contributed by atoms with van der Waals surface area (Å²) in [5.74, 6) is 1.37. The third-order valence-electron chi connectivity index (χ3n) is 5.66. The number of rotatable bonds is 5. The Morgan fingerprint density at radius 3 is 2.77 bits per heavy atom. The molecule has 3 aromatic rings. The van der Waals surface area contributed by atoms with Crippen LogP contribution >= 0.6 is 0 Å². The summed E-state index contributed by atoms with van der Waals surface area (Å²) >= 11 is 0. The molecule has 0 unspecified atom stereocenters. The van der Waals surface area contributed by atoms with Gasteiger partial charge in [0.2, 0.25) is 11.9 Å². The number of hydrogen-bond donors (Lipinski definition) is 1. The van der Waals surface area contributed by atoms with Gasteiger partial charge in [-0.3, -0.25) is 9.78 Å². The number of piperidine rings is 1. The zero-order valence-corrected chi connectivity index (χ0v) is 17.9. The molecule has 7 heteroatoms. The van der Waals surface area contributed by atoms with Crippen LogP contribution in [-0.2, 0) is 11.2 Å². The first-order valence-corrected chi connectivity index (χ1v) is 10.5. The highest BCUT2D eigenvalue weighted by atomic mass is 16.5. The van der Waals surface area contributed by atoms with E-state index in [1.165, 1.54) is 0 Å². The van der Waals surface area contributed by atoms with Gasteiger partial charge in [-0.2, -0.15) is 0 Å². The number of likely N-dealkylation sites (tertiary alicyclic amines) is 1. The number of aromatic nitrogens is 3. The molecule has 1 amide bonds. The van der Waals surface area contributed by atoms with Crippen LogP contribution in [0.2, 0.25) is 0 Å². The minimum atomic E-state index is 0.137. The molecule has 1 aromatic carbocycles. The van der Waals surface area contributed by atoms with E-state index >= 15 is 0 Å². The summed E-state index contributed by atoms with van der Waals surface area (Å²) in [6.07, 6.45) is 5.80. The molecule has 1 atom stereocenters. The van der Waals surface area contributed by atoms with Gasteiger partial charge in [0, 0.05) is 48.4 Å². The molecule has 2 aromatic heterocycles. The fraction of sp³-hybridized carbons (Fsp3) is 0.333. The minimum Gasteiger partial charge on any atom is -0.497 e. The normalized spacial score (nSPS) is 16.2. The summed E-state index contributed by atoms with van der Waals surface area (Å²) in [5.41, 5.74) is 10.4. The SMILES string of the molecule is COc1cccc(CC(=O)N2CCC[C@@H](c3cc(-c4cnc(N)nc4)cc(C)n3)C2)c1. The van der Waals surface area contributed by atoms with E-state index in [-0.39, 0.29) is 17.8 Å². The number of nitrogens with zero attached hydrogens (tertiary/aromatic N) is 4. The number of aryl methyl sites for hydroxylation is 1. The third kappa shape index (κ3) is 4.99. The van der Waals surface area contributed by atoms with Crippen molar-refractivity contribution in [3.63, 3.8) is 0 Å². The van der Waals surface area contributed by atoms with Crippen LogP contribution in [0.1, 0.15) is 35.7 Å². The van der Waals surface area contributed by atoms with Crippen LogP contribution in [0.5, 0.6) is 5.75 Å². The van der Waals surface area contributed by atoms with Gasteiger partial charge in [0.05, 0.1) is 13.5 Å². The Kier molecular flexibility index (Phi) is 6.11. The molecule has 31 heavy (non-hydrogen) atoms. The van der Waals surface area contributed by atoms with E-state index in [1.807, 2.05) is 42.2 Å². The van der Waals surface area contributed by atoms with Crippen LogP contribution in [0, 0.1) is 6.92 Å². The van der Waals surface area contributed by atoms with Crippen molar-refractivity contribution in [1.82, 2.24) is 19.9 Å². The molecule has 0 aliphatic carbocycles. The predicted octanol–water partition coefficient (Wildman–Crippen LogP) is 3.39. The van der Waals surface area contributed by atoms with Crippen molar-refractivity contribution in [2.75, 3.05) is 25.9 Å². The Hall–Kier alpha value is -3.48. The molecular weight excluding hydrogens is 390 g/mol. The third-order valence-corrected chi connectivity index (χ3v) is 5.66. The summed E-state index contributed by atoms with van der Waals surface area (Å²) < 4.78 is 5.27. The number of nitrogen functional groups attached to an aromatic ring is 1. The summed E-state index contributed by atoms with van der Waals surface area (Å²) in [6, 6.07) is 11.8. The maximum Gasteiger partial charge on any atom is 0.227 e. The molecule has 1 aliphatic rings. The monoisotopic (exact) mass is 417 g/mol. The first-order chi connectivity index (χ1) is 15.0. The lowest BCUT2D eigenvalue weighted by Crippen LogP contribution is -2.40. The molecule has 1 fully saturated rings. The van der Waals surface area contributed by atoms with Crippen molar-refractivity contribution >= 4 is 11.9 Å². The van der Waals surface area contributed by atoms with Gasteiger partial charge < -0.3 is 15.4 Å². The first kappa shape index (κ1) is 20.8. The predicted molar refractivity (Wildman–Crippen MR) is 120 cm³/mol. The number of pyridine rings is 1. The fourth-order valence-corrected chi connectivity index (χ4v) is 4.07. The molecule has 1 saturated heterocycles. The molecule has 0 spiro atoms. The van der Waals surface area contributed by atoms with Crippen LogP contribution < -0.4 is 10.5 Å². The van der Waals surface area contributed by atoms with Crippen LogP contribution in [0.15, 0.2) is 48.8 Å². The molecular formula is C24H27N5O2. The lowest BCUT2D eigenvalue weighted by atomic mass is 9.92. The lowest BCUT2D eigenvalue weighted by Gasteiger charge is -2.33. The van der Waals surface area contributed by atoms with E-state index in [4.69, 9.17) is 15.5 Å². The smallest absolute Gasteiger partial charge is 0.227 e. The van der Waals surface area contributed by atoms with Crippen LogP contribution in [0.3, 0.4) is 0 Å². The fourth-order valence-electron chi connectivity index (χ4n) is 4.07.